The van der Waals surface area contributed by atoms with Crippen molar-refractivity contribution in [2.45, 2.75) is 45.6 Å². The van der Waals surface area contributed by atoms with Crippen LogP contribution in [0.2, 0.25) is 0 Å². The molecule has 96 valence electrons. The van der Waals surface area contributed by atoms with E-state index in [0.29, 0.717) is 12.3 Å². The molecular formula is C13H21NO3. The fraction of sp³-hybridized carbons (Fsp3) is 0.846. The van der Waals surface area contributed by atoms with E-state index in [1.165, 1.54) is 0 Å². The first-order valence-electron chi connectivity index (χ1n) is 6.58. The molecule has 3 atom stereocenters. The lowest BCUT2D eigenvalue weighted by Gasteiger charge is -2.18. The van der Waals surface area contributed by atoms with Gasteiger partial charge in [0, 0.05) is 25.4 Å². The van der Waals surface area contributed by atoms with Crippen LogP contribution in [0.5, 0.6) is 0 Å². The molecule has 0 aromatic rings. The number of ether oxygens (including phenoxy) is 1. The fourth-order valence-corrected chi connectivity index (χ4v) is 2.65. The van der Waals surface area contributed by atoms with Gasteiger partial charge < -0.3 is 9.64 Å². The number of nitrogens with zero attached hydrogens (tertiary/aromatic N) is 1. The summed E-state index contributed by atoms with van der Waals surface area (Å²) in [6, 6.07) is 0. The zero-order chi connectivity index (χ0) is 12.4. The second kappa shape index (κ2) is 5.07. The van der Waals surface area contributed by atoms with Crippen LogP contribution in [0.3, 0.4) is 0 Å². The number of hydrogen-bond donors (Lipinski definition) is 0. The third kappa shape index (κ3) is 2.61. The Balaban J connectivity index is 1.72. The number of likely N-dealkylation sites (tertiary alicyclic amines) is 1. The highest BCUT2D eigenvalue weighted by molar-refractivity contribution is 5.78. The summed E-state index contributed by atoms with van der Waals surface area (Å²) < 4.78 is 5.34. The highest BCUT2D eigenvalue weighted by atomic mass is 16.6. The Kier molecular flexibility index (Phi) is 3.69. The molecule has 17 heavy (non-hydrogen) atoms. The van der Waals surface area contributed by atoms with Crippen LogP contribution in [-0.2, 0) is 14.3 Å². The summed E-state index contributed by atoms with van der Waals surface area (Å²) >= 11 is 0. The summed E-state index contributed by atoms with van der Waals surface area (Å²) in [5.74, 6) is 0.528. The lowest BCUT2D eigenvalue weighted by molar-refractivity contribution is -0.144. The molecule has 0 unspecified atom stereocenters. The summed E-state index contributed by atoms with van der Waals surface area (Å²) in [4.78, 5) is 24.7. The van der Waals surface area contributed by atoms with Gasteiger partial charge >= 0.3 is 5.97 Å². The quantitative estimate of drug-likeness (QED) is 0.700. The average molecular weight is 239 g/mol. The first-order chi connectivity index (χ1) is 8.09. The normalized spacial score (nSPS) is 33.3. The average Bonchev–Trinajstić information content (AvgIpc) is 2.80. The number of amides is 1. The van der Waals surface area contributed by atoms with Crippen LogP contribution in [0.15, 0.2) is 0 Å². The van der Waals surface area contributed by atoms with E-state index in [1.807, 2.05) is 11.8 Å². The van der Waals surface area contributed by atoms with Crippen LogP contribution >= 0.6 is 0 Å². The molecule has 2 aliphatic heterocycles. The van der Waals surface area contributed by atoms with Gasteiger partial charge in [-0.25, -0.2) is 0 Å². The van der Waals surface area contributed by atoms with Crippen molar-refractivity contribution in [2.75, 3.05) is 13.1 Å². The zero-order valence-electron chi connectivity index (χ0n) is 10.6. The molecule has 0 bridgehead atoms. The molecule has 2 saturated heterocycles. The van der Waals surface area contributed by atoms with Crippen LogP contribution in [0.25, 0.3) is 0 Å². The minimum atomic E-state index is -0.0697. The Labute approximate surface area is 102 Å². The van der Waals surface area contributed by atoms with E-state index in [1.54, 1.807) is 0 Å². The van der Waals surface area contributed by atoms with Gasteiger partial charge in [-0.1, -0.05) is 13.8 Å². The molecule has 0 aromatic heterocycles. The summed E-state index contributed by atoms with van der Waals surface area (Å²) in [7, 11) is 0. The van der Waals surface area contributed by atoms with Crippen molar-refractivity contribution in [3.63, 3.8) is 0 Å². The number of esters is 1. The molecule has 0 spiro atoms. The van der Waals surface area contributed by atoms with Crippen LogP contribution in [-0.4, -0.2) is 36.0 Å². The standard InChI is InChI=1S/C13H21NO3/c1-9-10(2)13(16)17-11(9)5-3-7-14-8-4-6-12(14)15/h9-11H,3-8H2,1-2H3/t9-,10-,11+/m0/s1. The van der Waals surface area contributed by atoms with Gasteiger partial charge in [-0.05, 0) is 19.3 Å². The van der Waals surface area contributed by atoms with E-state index >= 15 is 0 Å². The molecule has 0 radical (unpaired) electrons. The largest absolute Gasteiger partial charge is 0.462 e. The van der Waals surface area contributed by atoms with E-state index < -0.39 is 0 Å². The maximum atomic E-state index is 11.4. The van der Waals surface area contributed by atoms with Crippen molar-refractivity contribution < 1.29 is 14.3 Å². The van der Waals surface area contributed by atoms with Gasteiger partial charge in [0.05, 0.1) is 5.92 Å². The molecule has 0 N–H and O–H groups in total. The molecule has 0 saturated carbocycles. The fourth-order valence-electron chi connectivity index (χ4n) is 2.65. The zero-order valence-corrected chi connectivity index (χ0v) is 10.6. The summed E-state index contributed by atoms with van der Waals surface area (Å²) in [6.07, 6.45) is 3.55. The van der Waals surface area contributed by atoms with Crippen molar-refractivity contribution in [3.8, 4) is 0 Å². The topological polar surface area (TPSA) is 46.6 Å². The van der Waals surface area contributed by atoms with Crippen LogP contribution in [0, 0.1) is 11.8 Å². The van der Waals surface area contributed by atoms with Crippen molar-refractivity contribution >= 4 is 11.9 Å². The van der Waals surface area contributed by atoms with Gasteiger partial charge in [0.15, 0.2) is 0 Å². The number of rotatable bonds is 4. The van der Waals surface area contributed by atoms with Crippen molar-refractivity contribution in [1.82, 2.24) is 4.90 Å². The predicted octanol–water partition coefficient (Wildman–Crippen LogP) is 1.59. The van der Waals surface area contributed by atoms with Crippen LogP contribution in [0.4, 0.5) is 0 Å². The third-order valence-electron chi connectivity index (χ3n) is 4.10. The smallest absolute Gasteiger partial charge is 0.309 e. The van der Waals surface area contributed by atoms with Crippen molar-refractivity contribution in [3.05, 3.63) is 0 Å². The Morgan fingerprint density at radius 1 is 1.35 bits per heavy atom. The molecular weight excluding hydrogens is 218 g/mol. The number of cyclic esters (lactones) is 1. The summed E-state index contributed by atoms with van der Waals surface area (Å²) in [6.45, 7) is 5.71. The van der Waals surface area contributed by atoms with E-state index in [4.69, 9.17) is 4.74 Å². The molecule has 2 rings (SSSR count). The lowest BCUT2D eigenvalue weighted by Crippen LogP contribution is -2.27. The molecule has 0 aromatic carbocycles. The summed E-state index contributed by atoms with van der Waals surface area (Å²) in [5, 5.41) is 0. The highest BCUT2D eigenvalue weighted by Crippen LogP contribution is 2.30. The Morgan fingerprint density at radius 3 is 2.65 bits per heavy atom. The molecule has 4 nitrogen and oxygen atoms in total. The first-order valence-corrected chi connectivity index (χ1v) is 6.58. The van der Waals surface area contributed by atoms with E-state index in [2.05, 4.69) is 6.92 Å². The predicted molar refractivity (Wildman–Crippen MR) is 63.3 cm³/mol. The van der Waals surface area contributed by atoms with Gasteiger partial charge in [-0.15, -0.1) is 0 Å². The first kappa shape index (κ1) is 12.4. The second-order valence-corrected chi connectivity index (χ2v) is 5.25. The molecule has 2 fully saturated rings. The van der Waals surface area contributed by atoms with E-state index in [-0.39, 0.29) is 23.9 Å². The molecule has 2 heterocycles. The van der Waals surface area contributed by atoms with Crippen molar-refractivity contribution in [1.29, 1.82) is 0 Å². The number of hydrogen-bond acceptors (Lipinski definition) is 3. The molecule has 0 aliphatic carbocycles. The lowest BCUT2D eigenvalue weighted by atomic mass is 9.92. The minimum Gasteiger partial charge on any atom is -0.462 e. The SMILES string of the molecule is C[C@H]1[C@H](C)C(=O)O[C@@H]1CCCN1CCCC1=O. The second-order valence-electron chi connectivity index (χ2n) is 5.25. The van der Waals surface area contributed by atoms with Gasteiger partial charge in [0.25, 0.3) is 0 Å². The Hall–Kier alpha value is -1.06. The maximum absolute atomic E-state index is 11.4. The van der Waals surface area contributed by atoms with Gasteiger partial charge in [-0.3, -0.25) is 9.59 Å². The monoisotopic (exact) mass is 239 g/mol. The molecule has 4 heteroatoms. The number of carbonyl (C=O) groups is 2. The minimum absolute atomic E-state index is 0.0217. The van der Waals surface area contributed by atoms with E-state index in [9.17, 15) is 9.59 Å². The van der Waals surface area contributed by atoms with Gasteiger partial charge in [0.2, 0.25) is 5.91 Å². The Bertz CT molecular complexity index is 316. The van der Waals surface area contributed by atoms with E-state index in [0.717, 1.165) is 32.4 Å². The third-order valence-corrected chi connectivity index (χ3v) is 4.10. The maximum Gasteiger partial charge on any atom is 0.309 e. The van der Waals surface area contributed by atoms with Gasteiger partial charge in [0.1, 0.15) is 6.10 Å². The Morgan fingerprint density at radius 2 is 2.12 bits per heavy atom. The van der Waals surface area contributed by atoms with Crippen LogP contribution in [0.1, 0.15) is 39.5 Å². The van der Waals surface area contributed by atoms with Crippen molar-refractivity contribution in [2.24, 2.45) is 11.8 Å². The molecule has 1 amide bonds. The molecule has 2 aliphatic rings. The summed E-state index contributed by atoms with van der Waals surface area (Å²) in [5.41, 5.74) is 0. The highest BCUT2D eigenvalue weighted by Gasteiger charge is 2.38. The van der Waals surface area contributed by atoms with Crippen LogP contribution < -0.4 is 0 Å². The van der Waals surface area contributed by atoms with Gasteiger partial charge in [-0.2, -0.15) is 0 Å². The number of carbonyl (C=O) groups excluding carboxylic acids is 2.